The predicted octanol–water partition coefficient (Wildman–Crippen LogP) is 2.60. The number of piperidine rings is 1. The Kier molecular flexibility index (Phi) is 8.52. The normalized spacial score (nSPS) is 18.3. The summed E-state index contributed by atoms with van der Waals surface area (Å²) in [4.78, 5) is 34.3. The van der Waals surface area contributed by atoms with Gasteiger partial charge in [0, 0.05) is 25.9 Å². The molecular weight excluding hydrogens is 521 g/mol. The summed E-state index contributed by atoms with van der Waals surface area (Å²) in [7, 11) is -2.10. The number of carbonyl (C=O) groups is 2. The largest absolute Gasteiger partial charge is 0.462 e. The van der Waals surface area contributed by atoms with Crippen molar-refractivity contribution in [2.75, 3.05) is 42.7 Å². The van der Waals surface area contributed by atoms with Crippen molar-refractivity contribution in [2.24, 2.45) is 0 Å². The highest BCUT2D eigenvalue weighted by Gasteiger charge is 2.33. The summed E-state index contributed by atoms with van der Waals surface area (Å²) < 4.78 is 36.4. The molecule has 0 spiro atoms. The van der Waals surface area contributed by atoms with Crippen LogP contribution in [0.3, 0.4) is 0 Å². The van der Waals surface area contributed by atoms with E-state index in [2.05, 4.69) is 20.0 Å². The van der Waals surface area contributed by atoms with E-state index in [1.807, 2.05) is 4.90 Å². The zero-order valence-corrected chi connectivity index (χ0v) is 22.0. The van der Waals surface area contributed by atoms with Gasteiger partial charge in [-0.2, -0.15) is 0 Å². The fourth-order valence-corrected chi connectivity index (χ4v) is 4.75. The number of hydrogen-bond acceptors (Lipinski definition) is 8. The Morgan fingerprint density at radius 1 is 1.31 bits per heavy atom. The van der Waals surface area contributed by atoms with Crippen LogP contribution < -0.4 is 14.9 Å². The van der Waals surface area contributed by atoms with Gasteiger partial charge in [0.05, 0.1) is 52.5 Å². The summed E-state index contributed by atoms with van der Waals surface area (Å²) in [6.45, 7) is 4.34. The summed E-state index contributed by atoms with van der Waals surface area (Å²) in [5, 5.41) is 3.39. The van der Waals surface area contributed by atoms with Crippen LogP contribution in [0.25, 0.3) is 0 Å². The number of aromatic amines is 1. The number of aryl methyl sites for hydroxylation is 1. The van der Waals surface area contributed by atoms with Crippen molar-refractivity contribution in [3.8, 4) is 0 Å². The maximum Gasteiger partial charge on any atom is 0.340 e. The highest BCUT2D eigenvalue weighted by molar-refractivity contribution is 7.92. The predicted molar refractivity (Wildman–Crippen MR) is 133 cm³/mol. The number of amides is 1. The van der Waals surface area contributed by atoms with Gasteiger partial charge in [0.2, 0.25) is 10.0 Å². The molecule has 1 amide bonds. The van der Waals surface area contributed by atoms with Crippen molar-refractivity contribution < 1.29 is 27.5 Å². The number of rotatable bonds is 8. The number of sulfonamides is 1. The standard InChI is InChI=1S/C21H27Cl2N5O6S/c1-5-34-21(30)12-8-16(24-9-14(12)27-35(4,31)32)28-7-6-13(15(10-28)33-3)26-20(29)19-18(23)17(22)11(2)25-19/h8-9,13,15,25,27H,5-7,10H2,1-4H3,(H,26,29)/t13-,15+/m1/s1. The molecular formula is C21H27Cl2N5O6S. The summed E-state index contributed by atoms with van der Waals surface area (Å²) >= 11 is 12.2. The van der Waals surface area contributed by atoms with Crippen LogP contribution in [0.1, 0.15) is 39.9 Å². The molecule has 2 aromatic heterocycles. The maximum atomic E-state index is 12.8. The molecule has 1 aliphatic rings. The summed E-state index contributed by atoms with van der Waals surface area (Å²) in [6.07, 6.45) is 2.36. The Bertz CT molecular complexity index is 1220. The van der Waals surface area contributed by atoms with Gasteiger partial charge in [-0.15, -0.1) is 0 Å². The number of nitrogens with zero attached hydrogens (tertiary/aromatic N) is 2. The minimum atomic E-state index is -3.64. The first-order valence-electron chi connectivity index (χ1n) is 10.7. The van der Waals surface area contributed by atoms with E-state index in [4.69, 9.17) is 32.7 Å². The Morgan fingerprint density at radius 3 is 2.60 bits per heavy atom. The Labute approximate surface area is 213 Å². The lowest BCUT2D eigenvalue weighted by molar-refractivity contribution is 0.0523. The van der Waals surface area contributed by atoms with Gasteiger partial charge in [0.25, 0.3) is 5.91 Å². The number of halogens is 2. The number of aromatic nitrogens is 2. The van der Waals surface area contributed by atoms with Crippen molar-refractivity contribution in [3.63, 3.8) is 0 Å². The van der Waals surface area contributed by atoms with E-state index in [0.717, 1.165) is 6.26 Å². The number of esters is 1. The number of hydrogen-bond donors (Lipinski definition) is 3. The van der Waals surface area contributed by atoms with Gasteiger partial charge in [-0.25, -0.2) is 18.2 Å². The minimum Gasteiger partial charge on any atom is -0.462 e. The number of H-pyrrole nitrogens is 1. The second-order valence-electron chi connectivity index (χ2n) is 8.02. The molecule has 0 bridgehead atoms. The molecule has 1 fully saturated rings. The summed E-state index contributed by atoms with van der Waals surface area (Å²) in [6, 6.07) is 1.15. The second kappa shape index (κ2) is 11.0. The van der Waals surface area contributed by atoms with Crippen molar-refractivity contribution in [1.29, 1.82) is 0 Å². The van der Waals surface area contributed by atoms with E-state index in [1.165, 1.54) is 19.4 Å². The fourth-order valence-electron chi connectivity index (χ4n) is 3.77. The number of nitrogens with one attached hydrogen (secondary N) is 3. The van der Waals surface area contributed by atoms with E-state index in [0.29, 0.717) is 36.0 Å². The van der Waals surface area contributed by atoms with Gasteiger partial charge in [-0.05, 0) is 26.3 Å². The van der Waals surface area contributed by atoms with Gasteiger partial charge < -0.3 is 24.7 Å². The lowest BCUT2D eigenvalue weighted by Gasteiger charge is -2.38. The highest BCUT2D eigenvalue weighted by atomic mass is 35.5. The van der Waals surface area contributed by atoms with E-state index in [1.54, 1.807) is 13.8 Å². The molecule has 3 N–H and O–H groups in total. The van der Waals surface area contributed by atoms with Gasteiger partial charge in [-0.3, -0.25) is 9.52 Å². The molecule has 11 nitrogen and oxygen atoms in total. The minimum absolute atomic E-state index is 0.0249. The van der Waals surface area contributed by atoms with Crippen molar-refractivity contribution in [1.82, 2.24) is 15.3 Å². The lowest BCUT2D eigenvalue weighted by atomic mass is 10.0. The number of carbonyl (C=O) groups excluding carboxylic acids is 2. The first-order valence-corrected chi connectivity index (χ1v) is 13.4. The molecule has 2 aromatic rings. The molecule has 0 radical (unpaired) electrons. The van der Waals surface area contributed by atoms with Crippen LogP contribution in [-0.4, -0.2) is 75.5 Å². The quantitative estimate of drug-likeness (QED) is 0.428. The Balaban J connectivity index is 1.79. The van der Waals surface area contributed by atoms with Gasteiger partial charge in [-0.1, -0.05) is 23.2 Å². The molecule has 3 rings (SSSR count). The monoisotopic (exact) mass is 547 g/mol. The molecule has 14 heteroatoms. The number of ether oxygens (including phenoxy) is 2. The molecule has 0 aromatic carbocycles. The molecule has 192 valence electrons. The van der Waals surface area contributed by atoms with Crippen molar-refractivity contribution in [3.05, 3.63) is 39.3 Å². The van der Waals surface area contributed by atoms with E-state index >= 15 is 0 Å². The molecule has 2 atom stereocenters. The van der Waals surface area contributed by atoms with E-state index in [-0.39, 0.29) is 34.6 Å². The average Bonchev–Trinajstić information content (AvgIpc) is 3.06. The number of anilines is 2. The zero-order valence-electron chi connectivity index (χ0n) is 19.6. The van der Waals surface area contributed by atoms with E-state index in [9.17, 15) is 18.0 Å². The summed E-state index contributed by atoms with van der Waals surface area (Å²) in [5.41, 5.74) is 0.843. The first kappa shape index (κ1) is 27.1. The van der Waals surface area contributed by atoms with Crippen LogP contribution in [0.4, 0.5) is 11.5 Å². The smallest absolute Gasteiger partial charge is 0.340 e. The number of pyridine rings is 1. The average molecular weight is 548 g/mol. The Morgan fingerprint density at radius 2 is 2.03 bits per heavy atom. The van der Waals surface area contributed by atoms with Crippen LogP contribution in [0, 0.1) is 6.92 Å². The zero-order chi connectivity index (χ0) is 25.9. The summed E-state index contributed by atoms with van der Waals surface area (Å²) in [5.74, 6) is -0.636. The van der Waals surface area contributed by atoms with Crippen molar-refractivity contribution in [2.45, 2.75) is 32.4 Å². The topological polar surface area (TPSA) is 143 Å². The van der Waals surface area contributed by atoms with Crippen molar-refractivity contribution >= 4 is 56.6 Å². The van der Waals surface area contributed by atoms with E-state index < -0.39 is 28.0 Å². The third-order valence-electron chi connectivity index (χ3n) is 5.46. The molecule has 1 saturated heterocycles. The number of methoxy groups -OCH3 is 1. The molecule has 1 aliphatic heterocycles. The van der Waals surface area contributed by atoms with Gasteiger partial charge in [0.1, 0.15) is 11.5 Å². The molecule has 0 saturated carbocycles. The van der Waals surface area contributed by atoms with Crippen LogP contribution >= 0.6 is 23.2 Å². The maximum absolute atomic E-state index is 12.8. The molecule has 0 aliphatic carbocycles. The third-order valence-corrected chi connectivity index (χ3v) is 7.00. The molecule has 35 heavy (non-hydrogen) atoms. The lowest BCUT2D eigenvalue weighted by Crippen LogP contribution is -2.55. The van der Waals surface area contributed by atoms with Crippen LogP contribution in [0.15, 0.2) is 12.3 Å². The Hall–Kier alpha value is -2.54. The fraction of sp³-hybridized carbons (Fsp3) is 0.476. The molecule has 3 heterocycles. The van der Waals surface area contributed by atoms with Gasteiger partial charge in [0.15, 0.2) is 0 Å². The van der Waals surface area contributed by atoms with Crippen LogP contribution in [0.5, 0.6) is 0 Å². The van der Waals surface area contributed by atoms with Gasteiger partial charge >= 0.3 is 5.97 Å². The SMILES string of the molecule is CCOC(=O)c1cc(N2CC[C@@H](NC(=O)c3[nH]c(C)c(Cl)c3Cl)[C@@H](OC)C2)ncc1NS(C)(=O)=O. The van der Waals surface area contributed by atoms with Crippen LogP contribution in [-0.2, 0) is 19.5 Å². The first-order chi connectivity index (χ1) is 16.4. The van der Waals surface area contributed by atoms with Crippen LogP contribution in [0.2, 0.25) is 10.0 Å². The second-order valence-corrected chi connectivity index (χ2v) is 10.5. The third kappa shape index (κ3) is 6.37. The highest BCUT2D eigenvalue weighted by Crippen LogP contribution is 2.30. The molecule has 0 unspecified atom stereocenters.